The molecule has 0 aliphatic heterocycles. The zero-order valence-corrected chi connectivity index (χ0v) is 11.6. The number of nitrogen functional groups attached to an aromatic ring is 1. The van der Waals surface area contributed by atoms with Gasteiger partial charge in [-0.05, 0) is 18.2 Å². The molecule has 0 amide bonds. The first kappa shape index (κ1) is 15.0. The van der Waals surface area contributed by atoms with E-state index in [1.165, 1.54) is 0 Å². The number of nitrogens with zero attached hydrogens (tertiary/aromatic N) is 1. The van der Waals surface area contributed by atoms with Crippen LogP contribution in [0.15, 0.2) is 24.3 Å². The predicted molar refractivity (Wildman–Crippen MR) is 79.6 cm³/mol. The lowest BCUT2D eigenvalue weighted by molar-refractivity contribution is 0.311. The Hall–Kier alpha value is -2.01. The maximum atomic E-state index is 8.73. The third-order valence-corrected chi connectivity index (χ3v) is 2.46. The van der Waals surface area contributed by atoms with Gasteiger partial charge in [0.15, 0.2) is 0 Å². The van der Waals surface area contributed by atoms with E-state index >= 15 is 0 Å². The average Bonchev–Trinajstić information content (AvgIpc) is 2.46. The minimum absolute atomic E-state index is 0.0742. The monoisotopic (exact) mass is 263 g/mol. The van der Waals surface area contributed by atoms with Crippen molar-refractivity contribution in [2.75, 3.05) is 31.3 Å². The molecule has 0 fully saturated rings. The Morgan fingerprint density at radius 2 is 2.05 bits per heavy atom. The molecule has 0 radical (unpaired) electrons. The summed E-state index contributed by atoms with van der Waals surface area (Å²) in [6, 6.07) is 7.41. The molecule has 1 aromatic carbocycles. The number of rotatable bonds is 4. The van der Waals surface area contributed by atoms with Gasteiger partial charge in [0.1, 0.15) is 11.6 Å². The Balaban J connectivity index is 0.000000861. The van der Waals surface area contributed by atoms with Crippen molar-refractivity contribution in [2.24, 2.45) is 0 Å². The number of aliphatic hydroxyl groups excluding tert-OH is 1. The third-order valence-electron chi connectivity index (χ3n) is 2.46. The molecular weight excluding hydrogens is 242 g/mol. The van der Waals surface area contributed by atoms with E-state index in [1.807, 2.05) is 32.0 Å². The van der Waals surface area contributed by atoms with Gasteiger partial charge in [-0.2, -0.15) is 0 Å². The summed E-state index contributed by atoms with van der Waals surface area (Å²) in [5.41, 5.74) is 7.21. The van der Waals surface area contributed by atoms with Crippen molar-refractivity contribution in [1.82, 2.24) is 4.98 Å². The van der Waals surface area contributed by atoms with Gasteiger partial charge < -0.3 is 20.9 Å². The summed E-state index contributed by atoms with van der Waals surface area (Å²) < 4.78 is 5.15. The summed E-state index contributed by atoms with van der Waals surface area (Å²) in [7, 11) is 1.57. The van der Waals surface area contributed by atoms with Crippen LogP contribution in [0.5, 0.6) is 5.75 Å². The molecule has 0 aliphatic rings. The largest absolute Gasteiger partial charge is 0.495 e. The zero-order valence-electron chi connectivity index (χ0n) is 11.6. The molecule has 0 unspecified atom stereocenters. The number of ether oxygens (including phenoxy) is 1. The summed E-state index contributed by atoms with van der Waals surface area (Å²) in [4.78, 5) is 4.40. The Labute approximate surface area is 113 Å². The van der Waals surface area contributed by atoms with E-state index in [2.05, 4.69) is 10.3 Å². The van der Waals surface area contributed by atoms with Gasteiger partial charge in [-0.25, -0.2) is 4.98 Å². The van der Waals surface area contributed by atoms with Crippen LogP contribution < -0.4 is 15.8 Å². The van der Waals surface area contributed by atoms with Crippen LogP contribution in [0, 0.1) is 0 Å². The van der Waals surface area contributed by atoms with Gasteiger partial charge in [0.2, 0.25) is 0 Å². The third kappa shape index (κ3) is 3.72. The fourth-order valence-corrected chi connectivity index (χ4v) is 1.63. The van der Waals surface area contributed by atoms with Gasteiger partial charge >= 0.3 is 0 Å². The van der Waals surface area contributed by atoms with Crippen molar-refractivity contribution in [3.05, 3.63) is 24.3 Å². The Bertz CT molecular complexity index is 529. The maximum Gasteiger partial charge on any atom is 0.143 e. The molecule has 5 nitrogen and oxygen atoms in total. The van der Waals surface area contributed by atoms with Gasteiger partial charge in [0.05, 0.1) is 24.9 Å². The molecule has 0 saturated heterocycles. The van der Waals surface area contributed by atoms with E-state index in [0.717, 1.165) is 16.7 Å². The minimum Gasteiger partial charge on any atom is -0.495 e. The second kappa shape index (κ2) is 7.43. The molecule has 5 heteroatoms. The molecule has 104 valence electrons. The summed E-state index contributed by atoms with van der Waals surface area (Å²) in [5, 5.41) is 12.7. The molecule has 0 bridgehead atoms. The smallest absolute Gasteiger partial charge is 0.143 e. The highest BCUT2D eigenvalue weighted by molar-refractivity contribution is 5.86. The summed E-state index contributed by atoms with van der Waals surface area (Å²) >= 11 is 0. The lowest BCUT2D eigenvalue weighted by Crippen LogP contribution is -2.06. The molecule has 2 rings (SSSR count). The number of aliphatic hydroxyl groups is 1. The fourth-order valence-electron chi connectivity index (χ4n) is 1.63. The summed E-state index contributed by atoms with van der Waals surface area (Å²) in [6.07, 6.45) is 0. The average molecular weight is 263 g/mol. The Kier molecular flexibility index (Phi) is 5.89. The lowest BCUT2D eigenvalue weighted by atomic mass is 10.2. The van der Waals surface area contributed by atoms with E-state index in [1.54, 1.807) is 13.2 Å². The van der Waals surface area contributed by atoms with Crippen LogP contribution in [-0.4, -0.2) is 30.4 Å². The summed E-state index contributed by atoms with van der Waals surface area (Å²) in [5.74, 6) is 1.34. The van der Waals surface area contributed by atoms with Gasteiger partial charge in [-0.1, -0.05) is 13.8 Å². The molecule has 1 heterocycles. The molecule has 0 atom stereocenters. The lowest BCUT2D eigenvalue weighted by Gasteiger charge is -2.08. The van der Waals surface area contributed by atoms with Crippen molar-refractivity contribution >= 4 is 22.4 Å². The standard InChI is InChI=1S/C12H15N3O2.C2H6/c1-17-11-7-10-8(6-9(11)13)2-3-12(15-10)14-4-5-16;1-2/h2-3,6-7,16H,4-5,13H2,1H3,(H,14,15);1-2H3. The first-order chi connectivity index (χ1) is 9.24. The van der Waals surface area contributed by atoms with Crippen LogP contribution in [0.3, 0.4) is 0 Å². The second-order valence-electron chi connectivity index (χ2n) is 3.63. The molecule has 0 spiro atoms. The van der Waals surface area contributed by atoms with Crippen LogP contribution in [0.4, 0.5) is 11.5 Å². The number of anilines is 2. The fraction of sp³-hybridized carbons (Fsp3) is 0.357. The minimum atomic E-state index is 0.0742. The number of fused-ring (bicyclic) bond motifs is 1. The van der Waals surface area contributed by atoms with E-state index in [4.69, 9.17) is 15.6 Å². The topological polar surface area (TPSA) is 80.4 Å². The SMILES string of the molecule is CC.COc1cc2nc(NCCO)ccc2cc1N. The highest BCUT2D eigenvalue weighted by Gasteiger charge is 2.04. The number of methoxy groups -OCH3 is 1. The van der Waals surface area contributed by atoms with Gasteiger partial charge in [-0.3, -0.25) is 0 Å². The maximum absolute atomic E-state index is 8.73. The van der Waals surface area contributed by atoms with Crippen molar-refractivity contribution in [1.29, 1.82) is 0 Å². The number of nitrogens with two attached hydrogens (primary N) is 1. The normalized spacial score (nSPS) is 9.68. The van der Waals surface area contributed by atoms with Gasteiger partial charge in [0.25, 0.3) is 0 Å². The van der Waals surface area contributed by atoms with Crippen LogP contribution in [0.1, 0.15) is 13.8 Å². The van der Waals surface area contributed by atoms with Crippen LogP contribution in [0.25, 0.3) is 10.9 Å². The van der Waals surface area contributed by atoms with E-state index in [-0.39, 0.29) is 6.61 Å². The number of pyridine rings is 1. The van der Waals surface area contributed by atoms with Crippen LogP contribution >= 0.6 is 0 Å². The molecule has 1 aromatic heterocycles. The van der Waals surface area contributed by atoms with Crippen LogP contribution in [0.2, 0.25) is 0 Å². The first-order valence-corrected chi connectivity index (χ1v) is 6.33. The van der Waals surface area contributed by atoms with Crippen LogP contribution in [-0.2, 0) is 0 Å². The number of hydrogen-bond donors (Lipinski definition) is 3. The number of nitrogens with one attached hydrogen (secondary N) is 1. The van der Waals surface area contributed by atoms with Crippen molar-refractivity contribution < 1.29 is 9.84 Å². The molecule has 19 heavy (non-hydrogen) atoms. The molecule has 0 aliphatic carbocycles. The van der Waals surface area contributed by atoms with E-state index in [9.17, 15) is 0 Å². The van der Waals surface area contributed by atoms with Crippen molar-refractivity contribution in [3.8, 4) is 5.75 Å². The number of aromatic nitrogens is 1. The quantitative estimate of drug-likeness (QED) is 0.737. The zero-order chi connectivity index (χ0) is 14.3. The van der Waals surface area contributed by atoms with E-state index in [0.29, 0.717) is 18.0 Å². The highest BCUT2D eigenvalue weighted by Crippen LogP contribution is 2.27. The second-order valence-corrected chi connectivity index (χ2v) is 3.63. The Morgan fingerprint density at radius 3 is 2.68 bits per heavy atom. The molecule has 4 N–H and O–H groups in total. The molecule has 2 aromatic rings. The number of hydrogen-bond acceptors (Lipinski definition) is 5. The Morgan fingerprint density at radius 1 is 1.32 bits per heavy atom. The van der Waals surface area contributed by atoms with Crippen molar-refractivity contribution in [3.63, 3.8) is 0 Å². The molecule has 0 saturated carbocycles. The highest BCUT2D eigenvalue weighted by atomic mass is 16.5. The molecular formula is C14H21N3O2. The van der Waals surface area contributed by atoms with Gasteiger partial charge in [0, 0.05) is 18.0 Å². The predicted octanol–water partition coefficient (Wildman–Crippen LogP) is 2.26. The first-order valence-electron chi connectivity index (χ1n) is 6.33. The number of benzene rings is 1. The van der Waals surface area contributed by atoms with E-state index < -0.39 is 0 Å². The van der Waals surface area contributed by atoms with Crippen molar-refractivity contribution in [2.45, 2.75) is 13.8 Å². The summed E-state index contributed by atoms with van der Waals surface area (Å²) in [6.45, 7) is 4.55. The van der Waals surface area contributed by atoms with Gasteiger partial charge in [-0.15, -0.1) is 0 Å².